The molecule has 0 aliphatic carbocycles. The van der Waals surface area contributed by atoms with Gasteiger partial charge in [0.1, 0.15) is 0 Å². The Bertz CT molecular complexity index is 330. The first-order chi connectivity index (χ1) is 6.70. The maximum Gasteiger partial charge on any atom is 0.331 e. The van der Waals surface area contributed by atoms with Crippen molar-refractivity contribution < 1.29 is 9.90 Å². The molecule has 0 spiro atoms. The number of para-hydroxylation sites is 1. The predicted molar refractivity (Wildman–Crippen MR) is 56.3 cm³/mol. The maximum atomic E-state index is 10.4. The van der Waals surface area contributed by atoms with Gasteiger partial charge < -0.3 is 10.4 Å². The van der Waals surface area contributed by atoms with Crippen molar-refractivity contribution in [1.82, 2.24) is 0 Å². The van der Waals surface area contributed by atoms with Crippen LogP contribution in [-0.2, 0) is 4.79 Å². The zero-order valence-electron chi connectivity index (χ0n) is 8.03. The summed E-state index contributed by atoms with van der Waals surface area (Å²) in [6, 6.07) is 9.66. The first-order valence-corrected chi connectivity index (χ1v) is 4.39. The number of carboxylic acids is 1. The van der Waals surface area contributed by atoms with E-state index in [4.69, 9.17) is 5.11 Å². The molecule has 0 unspecified atom stereocenters. The predicted octanol–water partition coefficient (Wildman–Crippen LogP) is 2.13. The molecule has 74 valence electrons. The second-order valence-corrected chi connectivity index (χ2v) is 2.94. The van der Waals surface area contributed by atoms with Gasteiger partial charge in [-0.05, 0) is 19.1 Å². The van der Waals surface area contributed by atoms with Crippen molar-refractivity contribution in [2.75, 3.05) is 11.9 Å². The minimum atomic E-state index is -0.875. The van der Waals surface area contributed by atoms with E-state index in [0.29, 0.717) is 12.1 Å². The smallest absolute Gasteiger partial charge is 0.331 e. The zero-order valence-corrected chi connectivity index (χ0v) is 8.03. The Morgan fingerprint density at radius 1 is 1.43 bits per heavy atom. The van der Waals surface area contributed by atoms with Gasteiger partial charge in [0.25, 0.3) is 0 Å². The Morgan fingerprint density at radius 3 is 2.64 bits per heavy atom. The fourth-order valence-electron chi connectivity index (χ4n) is 0.965. The van der Waals surface area contributed by atoms with Crippen LogP contribution in [0, 0.1) is 0 Å². The van der Waals surface area contributed by atoms with Gasteiger partial charge in [-0.3, -0.25) is 0 Å². The molecule has 0 radical (unpaired) electrons. The standard InChI is InChI=1S/C11H13NO2/c1-9(11(13)14)7-8-12-10-5-3-2-4-6-10/h2-7,12H,8H2,1H3,(H,13,14)/b9-7-. The van der Waals surface area contributed by atoms with Crippen LogP contribution in [0.3, 0.4) is 0 Å². The summed E-state index contributed by atoms with van der Waals surface area (Å²) in [4.78, 5) is 10.4. The highest BCUT2D eigenvalue weighted by Crippen LogP contribution is 2.04. The third-order valence-corrected chi connectivity index (χ3v) is 1.83. The molecule has 0 heterocycles. The van der Waals surface area contributed by atoms with Gasteiger partial charge >= 0.3 is 5.97 Å². The number of nitrogens with one attached hydrogen (secondary N) is 1. The number of rotatable bonds is 4. The minimum Gasteiger partial charge on any atom is -0.478 e. The highest BCUT2D eigenvalue weighted by Gasteiger charge is 1.97. The first kappa shape index (κ1) is 10.3. The molecule has 0 amide bonds. The molecule has 1 aromatic carbocycles. The van der Waals surface area contributed by atoms with Crippen LogP contribution in [0.5, 0.6) is 0 Å². The van der Waals surface area contributed by atoms with Crippen molar-refractivity contribution in [3.05, 3.63) is 42.0 Å². The van der Waals surface area contributed by atoms with Crippen LogP contribution in [0.25, 0.3) is 0 Å². The van der Waals surface area contributed by atoms with E-state index in [-0.39, 0.29) is 0 Å². The van der Waals surface area contributed by atoms with Gasteiger partial charge in [-0.15, -0.1) is 0 Å². The van der Waals surface area contributed by atoms with Crippen LogP contribution < -0.4 is 5.32 Å². The van der Waals surface area contributed by atoms with E-state index >= 15 is 0 Å². The van der Waals surface area contributed by atoms with E-state index in [0.717, 1.165) is 5.69 Å². The second kappa shape index (κ2) is 5.07. The van der Waals surface area contributed by atoms with E-state index in [1.165, 1.54) is 0 Å². The molecule has 0 saturated heterocycles. The lowest BCUT2D eigenvalue weighted by Gasteiger charge is -2.02. The quantitative estimate of drug-likeness (QED) is 0.717. The van der Waals surface area contributed by atoms with E-state index in [2.05, 4.69) is 5.32 Å². The van der Waals surface area contributed by atoms with Crippen LogP contribution >= 0.6 is 0 Å². The number of aliphatic carboxylic acids is 1. The average molecular weight is 191 g/mol. The monoisotopic (exact) mass is 191 g/mol. The topological polar surface area (TPSA) is 49.3 Å². The third kappa shape index (κ3) is 3.31. The minimum absolute atomic E-state index is 0.355. The number of anilines is 1. The molecule has 0 atom stereocenters. The Labute approximate surface area is 83.1 Å². The van der Waals surface area contributed by atoms with Gasteiger partial charge in [0.2, 0.25) is 0 Å². The number of hydrogen-bond donors (Lipinski definition) is 2. The molecule has 3 heteroatoms. The summed E-state index contributed by atoms with van der Waals surface area (Å²) in [5.41, 5.74) is 1.34. The summed E-state index contributed by atoms with van der Waals surface area (Å²) >= 11 is 0. The summed E-state index contributed by atoms with van der Waals surface area (Å²) in [5, 5.41) is 11.7. The SMILES string of the molecule is C/C(=C/CNc1ccccc1)C(=O)O. The molecular formula is C11H13NO2. The Kier molecular flexibility index (Phi) is 3.73. The summed E-state index contributed by atoms with van der Waals surface area (Å²) < 4.78 is 0. The summed E-state index contributed by atoms with van der Waals surface area (Å²) in [6.07, 6.45) is 1.65. The Balaban J connectivity index is 2.43. The molecular weight excluding hydrogens is 178 g/mol. The van der Waals surface area contributed by atoms with E-state index in [1.807, 2.05) is 30.3 Å². The number of hydrogen-bond acceptors (Lipinski definition) is 2. The highest BCUT2D eigenvalue weighted by molar-refractivity contribution is 5.85. The van der Waals surface area contributed by atoms with Gasteiger partial charge in [0, 0.05) is 17.8 Å². The molecule has 0 saturated carbocycles. The van der Waals surface area contributed by atoms with Crippen LogP contribution in [0.15, 0.2) is 42.0 Å². The van der Waals surface area contributed by atoms with Gasteiger partial charge in [-0.25, -0.2) is 4.79 Å². The Hall–Kier alpha value is -1.77. The maximum absolute atomic E-state index is 10.4. The molecule has 0 aliphatic rings. The fraction of sp³-hybridized carbons (Fsp3) is 0.182. The van der Waals surface area contributed by atoms with Gasteiger partial charge in [0.15, 0.2) is 0 Å². The lowest BCUT2D eigenvalue weighted by molar-refractivity contribution is -0.132. The van der Waals surface area contributed by atoms with E-state index in [9.17, 15) is 4.79 Å². The number of carboxylic acid groups (broad SMARTS) is 1. The highest BCUT2D eigenvalue weighted by atomic mass is 16.4. The molecule has 3 nitrogen and oxygen atoms in total. The summed E-state index contributed by atoms with van der Waals surface area (Å²) in [7, 11) is 0. The van der Waals surface area contributed by atoms with Crippen molar-refractivity contribution >= 4 is 11.7 Å². The van der Waals surface area contributed by atoms with Crippen molar-refractivity contribution in [3.63, 3.8) is 0 Å². The van der Waals surface area contributed by atoms with Crippen LogP contribution in [0.2, 0.25) is 0 Å². The number of benzene rings is 1. The number of carbonyl (C=O) groups is 1. The molecule has 2 N–H and O–H groups in total. The van der Waals surface area contributed by atoms with E-state index in [1.54, 1.807) is 13.0 Å². The molecule has 14 heavy (non-hydrogen) atoms. The van der Waals surface area contributed by atoms with Gasteiger partial charge in [-0.1, -0.05) is 24.3 Å². The van der Waals surface area contributed by atoms with Crippen molar-refractivity contribution in [2.45, 2.75) is 6.92 Å². The molecule has 1 rings (SSSR count). The second-order valence-electron chi connectivity index (χ2n) is 2.94. The molecule has 0 bridgehead atoms. The Morgan fingerprint density at radius 2 is 2.07 bits per heavy atom. The van der Waals surface area contributed by atoms with Crippen molar-refractivity contribution in [2.24, 2.45) is 0 Å². The zero-order chi connectivity index (χ0) is 10.4. The largest absolute Gasteiger partial charge is 0.478 e. The fourth-order valence-corrected chi connectivity index (χ4v) is 0.965. The normalized spacial score (nSPS) is 11.1. The average Bonchev–Trinajstić information content (AvgIpc) is 2.19. The van der Waals surface area contributed by atoms with Gasteiger partial charge in [-0.2, -0.15) is 0 Å². The summed E-state index contributed by atoms with van der Waals surface area (Å²) in [6.45, 7) is 2.11. The van der Waals surface area contributed by atoms with Crippen molar-refractivity contribution in [3.8, 4) is 0 Å². The van der Waals surface area contributed by atoms with E-state index < -0.39 is 5.97 Å². The van der Waals surface area contributed by atoms with Crippen LogP contribution in [0.4, 0.5) is 5.69 Å². The van der Waals surface area contributed by atoms with Crippen molar-refractivity contribution in [1.29, 1.82) is 0 Å². The third-order valence-electron chi connectivity index (χ3n) is 1.83. The van der Waals surface area contributed by atoms with Crippen LogP contribution in [-0.4, -0.2) is 17.6 Å². The lowest BCUT2D eigenvalue weighted by Crippen LogP contribution is -2.02. The van der Waals surface area contributed by atoms with Crippen LogP contribution in [0.1, 0.15) is 6.92 Å². The molecule has 0 fully saturated rings. The first-order valence-electron chi connectivity index (χ1n) is 4.39. The summed E-state index contributed by atoms with van der Waals surface area (Å²) in [5.74, 6) is -0.875. The molecule has 0 aliphatic heterocycles. The lowest BCUT2D eigenvalue weighted by atomic mass is 10.3. The van der Waals surface area contributed by atoms with Gasteiger partial charge in [0.05, 0.1) is 0 Å². The molecule has 1 aromatic rings. The molecule has 0 aromatic heterocycles.